The van der Waals surface area contributed by atoms with Crippen LogP contribution in [-0.4, -0.2) is 5.11 Å². The average molecular weight is 229 g/mol. The predicted octanol–water partition coefficient (Wildman–Crippen LogP) is 3.31. The Labute approximate surface area is 87.2 Å². The molecule has 0 aliphatic heterocycles. The van der Waals surface area contributed by atoms with E-state index in [0.29, 0.717) is 0 Å². The monoisotopic (exact) mass is 228 g/mol. The van der Waals surface area contributed by atoms with Crippen LogP contribution in [0.25, 0.3) is 10.8 Å². The topological polar surface area (TPSA) is 20.2 Å². The van der Waals surface area contributed by atoms with Gasteiger partial charge in [0.15, 0.2) is 0 Å². The molecule has 0 spiro atoms. The first kappa shape index (κ1) is 3.38. The molecule has 1 nitrogen and oxygen atoms in total. The summed E-state index contributed by atoms with van der Waals surface area (Å²) in [6.07, 6.45) is 0. The first-order chi connectivity index (χ1) is 8.29. The fourth-order valence-corrected chi connectivity index (χ4v) is 1.14. The molecule has 0 aliphatic rings. The van der Waals surface area contributed by atoms with Gasteiger partial charge < -0.3 is 5.11 Å². The van der Waals surface area contributed by atoms with Gasteiger partial charge in [-0.2, -0.15) is 0 Å². The summed E-state index contributed by atoms with van der Waals surface area (Å²) in [5.74, 6) is -0.706. The highest BCUT2D eigenvalue weighted by atomic mass is 79.9. The number of phenolic OH excluding ortho intramolecular Hbond substituents is 1. The second kappa shape index (κ2) is 2.79. The summed E-state index contributed by atoms with van der Waals surface area (Å²) in [5.41, 5.74) is 0. The SMILES string of the molecule is [2H]c1c(Br)c([2H])c2c([2H])c([2H])c(O)c([2H])c2c1[2H]. The van der Waals surface area contributed by atoms with Crippen molar-refractivity contribution in [1.29, 1.82) is 0 Å². The fraction of sp³-hybridized carbons (Fsp3) is 0. The van der Waals surface area contributed by atoms with Gasteiger partial charge in [0.1, 0.15) is 5.75 Å². The van der Waals surface area contributed by atoms with Crippen molar-refractivity contribution in [2.75, 3.05) is 0 Å². The van der Waals surface area contributed by atoms with E-state index in [1.165, 1.54) is 0 Å². The van der Waals surface area contributed by atoms with Crippen molar-refractivity contribution in [3.8, 4) is 5.75 Å². The molecule has 2 heteroatoms. The molecular formula is C10H7BrO. The Morgan fingerprint density at radius 3 is 2.58 bits per heavy atom. The van der Waals surface area contributed by atoms with Crippen LogP contribution in [0.4, 0.5) is 0 Å². The van der Waals surface area contributed by atoms with Gasteiger partial charge in [-0.05, 0) is 34.9 Å². The largest absolute Gasteiger partial charge is 0.508 e. The van der Waals surface area contributed by atoms with Crippen LogP contribution < -0.4 is 0 Å². The van der Waals surface area contributed by atoms with E-state index in [1.54, 1.807) is 0 Å². The lowest BCUT2D eigenvalue weighted by atomic mass is 10.1. The fourth-order valence-electron chi connectivity index (χ4n) is 0.842. The second-order valence-corrected chi connectivity index (χ2v) is 2.96. The van der Waals surface area contributed by atoms with Crippen molar-refractivity contribution >= 4 is 26.7 Å². The van der Waals surface area contributed by atoms with E-state index in [1.807, 2.05) is 0 Å². The van der Waals surface area contributed by atoms with Crippen LogP contribution >= 0.6 is 15.9 Å². The van der Waals surface area contributed by atoms with Gasteiger partial charge in [-0.1, -0.05) is 28.0 Å². The molecule has 0 heterocycles. The molecular weight excluding hydrogens is 216 g/mol. The quantitative estimate of drug-likeness (QED) is 0.734. The minimum atomic E-state index is -0.706. The van der Waals surface area contributed by atoms with Crippen molar-refractivity contribution in [2.45, 2.75) is 0 Å². The zero-order chi connectivity index (χ0) is 13.8. The maximum Gasteiger partial charge on any atom is 0.116 e. The van der Waals surface area contributed by atoms with Gasteiger partial charge in [0.05, 0.1) is 8.22 Å². The molecule has 0 atom stereocenters. The van der Waals surface area contributed by atoms with E-state index in [2.05, 4.69) is 15.9 Å². The zero-order valence-electron chi connectivity index (χ0n) is 11.8. The Kier molecular flexibility index (Phi) is 0.787. The van der Waals surface area contributed by atoms with Gasteiger partial charge in [-0.3, -0.25) is 0 Å². The summed E-state index contributed by atoms with van der Waals surface area (Å²) < 4.78 is 46.1. The van der Waals surface area contributed by atoms with E-state index in [-0.39, 0.29) is 33.4 Å². The van der Waals surface area contributed by atoms with Gasteiger partial charge >= 0.3 is 0 Å². The summed E-state index contributed by atoms with van der Waals surface area (Å²) in [6, 6.07) is -2.31. The Balaban J connectivity index is 3.22. The summed E-state index contributed by atoms with van der Waals surface area (Å²) in [5, 5.41) is 9.33. The predicted molar refractivity (Wildman–Crippen MR) is 53.3 cm³/mol. The lowest BCUT2D eigenvalue weighted by Gasteiger charge is -1.98. The van der Waals surface area contributed by atoms with Gasteiger partial charge in [0.25, 0.3) is 0 Å². The number of benzene rings is 2. The van der Waals surface area contributed by atoms with Crippen LogP contribution in [0.2, 0.25) is 0 Å². The Bertz CT molecular complexity index is 571. The smallest absolute Gasteiger partial charge is 0.116 e. The summed E-state index contributed by atoms with van der Waals surface area (Å²) >= 11 is 2.99. The standard InChI is InChI=1S/C10H7BrO/c11-9-3-1-8-6-10(12)4-2-7(8)5-9/h1-6,12H/i1D,2D,3D,4D,5D,6D. The molecule has 2 aromatic rings. The van der Waals surface area contributed by atoms with E-state index >= 15 is 0 Å². The lowest BCUT2D eigenvalue weighted by Crippen LogP contribution is -1.71. The molecule has 2 rings (SSSR count). The highest BCUT2D eigenvalue weighted by Crippen LogP contribution is 2.22. The van der Waals surface area contributed by atoms with Crippen LogP contribution in [0.15, 0.2) is 40.7 Å². The molecule has 60 valence electrons. The summed E-state index contributed by atoms with van der Waals surface area (Å²) in [6.45, 7) is 0. The Hall–Kier alpha value is -1.02. The van der Waals surface area contributed by atoms with E-state index < -0.39 is 23.9 Å². The van der Waals surface area contributed by atoms with Crippen LogP contribution in [0.5, 0.6) is 5.75 Å². The molecule has 2 aromatic carbocycles. The third kappa shape index (κ3) is 1.30. The van der Waals surface area contributed by atoms with Gasteiger partial charge in [-0.25, -0.2) is 0 Å². The molecule has 0 aromatic heterocycles. The molecule has 0 saturated heterocycles. The van der Waals surface area contributed by atoms with Gasteiger partial charge in [0, 0.05) is 4.47 Å². The van der Waals surface area contributed by atoms with Crippen LogP contribution in [0, 0.1) is 0 Å². The highest BCUT2D eigenvalue weighted by Gasteiger charge is 1.94. The summed E-state index contributed by atoms with van der Waals surface area (Å²) in [4.78, 5) is 0. The molecule has 0 fully saturated rings. The van der Waals surface area contributed by atoms with Crippen molar-refractivity contribution < 1.29 is 13.3 Å². The molecule has 12 heavy (non-hydrogen) atoms. The molecule has 0 saturated carbocycles. The van der Waals surface area contributed by atoms with Crippen molar-refractivity contribution in [3.05, 3.63) is 40.7 Å². The lowest BCUT2D eigenvalue weighted by molar-refractivity contribution is 0.476. The number of hydrogen-bond donors (Lipinski definition) is 1. The first-order valence-corrected chi connectivity index (χ1v) is 3.96. The van der Waals surface area contributed by atoms with Crippen LogP contribution in [-0.2, 0) is 0 Å². The molecule has 0 aliphatic carbocycles. The third-order valence-electron chi connectivity index (χ3n) is 1.33. The third-order valence-corrected chi connectivity index (χ3v) is 1.73. The van der Waals surface area contributed by atoms with E-state index in [4.69, 9.17) is 8.22 Å². The van der Waals surface area contributed by atoms with E-state index in [9.17, 15) is 5.11 Å². The number of halogens is 1. The Morgan fingerprint density at radius 1 is 1.08 bits per heavy atom. The second-order valence-electron chi connectivity index (χ2n) is 2.16. The normalized spacial score (nSPS) is 17.4. The molecule has 0 radical (unpaired) electrons. The minimum absolute atomic E-state index is 0.0398. The zero-order valence-corrected chi connectivity index (χ0v) is 7.41. The minimum Gasteiger partial charge on any atom is -0.508 e. The number of fused-ring (bicyclic) bond motifs is 1. The molecule has 0 amide bonds. The molecule has 1 N–H and O–H groups in total. The van der Waals surface area contributed by atoms with E-state index in [0.717, 1.165) is 0 Å². The van der Waals surface area contributed by atoms with Crippen molar-refractivity contribution in [3.63, 3.8) is 0 Å². The first-order valence-electron chi connectivity index (χ1n) is 6.16. The number of aromatic hydroxyl groups is 1. The van der Waals surface area contributed by atoms with Crippen LogP contribution in [0.1, 0.15) is 8.22 Å². The highest BCUT2D eigenvalue weighted by molar-refractivity contribution is 9.10. The number of hydrogen-bond acceptors (Lipinski definition) is 1. The average Bonchev–Trinajstić information content (AvgIpc) is 2.35. The maximum atomic E-state index is 9.55. The molecule has 0 bridgehead atoms. The molecule has 0 unspecified atom stereocenters. The van der Waals surface area contributed by atoms with Crippen molar-refractivity contribution in [1.82, 2.24) is 0 Å². The van der Waals surface area contributed by atoms with Crippen molar-refractivity contribution in [2.24, 2.45) is 0 Å². The van der Waals surface area contributed by atoms with Crippen LogP contribution in [0.3, 0.4) is 0 Å². The number of rotatable bonds is 0. The van der Waals surface area contributed by atoms with Gasteiger partial charge in [-0.15, -0.1) is 0 Å². The Morgan fingerprint density at radius 2 is 1.75 bits per heavy atom. The summed E-state index contributed by atoms with van der Waals surface area (Å²) in [7, 11) is 0. The van der Waals surface area contributed by atoms with Gasteiger partial charge in [0.2, 0.25) is 0 Å². The maximum absolute atomic E-state index is 9.55. The number of phenols is 1.